The van der Waals surface area contributed by atoms with Crippen LogP contribution in [0, 0.1) is 5.92 Å². The Morgan fingerprint density at radius 2 is 1.61 bits per heavy atom. The Labute approximate surface area is 424 Å². The Kier molecular flexibility index (Phi) is 21.5. The number of aromatic hydroxyl groups is 1. The predicted molar refractivity (Wildman–Crippen MR) is 271 cm³/mol. The van der Waals surface area contributed by atoms with E-state index in [4.69, 9.17) is 11.5 Å². The lowest BCUT2D eigenvalue weighted by Crippen LogP contribution is -2.61. The van der Waals surface area contributed by atoms with E-state index in [-0.39, 0.29) is 75.1 Å². The van der Waals surface area contributed by atoms with Crippen molar-refractivity contribution < 1.29 is 48.6 Å². The number of fused-ring (bicyclic) bond motifs is 2. The SMILES string of the molecule is CNCC(=O)N[C@@H](CCCN=C(N)N)C(=O)N[C@H](C(=O)N[C@@H](Cc1ccc(O)cc1)C(=O)N[C@H]1CCSS[C@@H]2C[C@@H](C(=O)N[C@@H](Cc3ccccc3)C(=O)O)N(C2)C(=O)[C@H](Cc2cnc[nH]2)NC1=O)C(C)C. The van der Waals surface area contributed by atoms with Crippen LogP contribution in [-0.4, -0.2) is 158 Å². The van der Waals surface area contributed by atoms with Gasteiger partial charge in [-0.05, 0) is 61.9 Å². The molecule has 23 nitrogen and oxygen atoms in total. The molecule has 0 saturated carbocycles. The van der Waals surface area contributed by atoms with E-state index in [9.17, 15) is 48.6 Å². The number of imidazole rings is 1. The Morgan fingerprint density at radius 1 is 0.903 bits per heavy atom. The number of carboxylic acid groups (broad SMARTS) is 1. The van der Waals surface area contributed by atoms with E-state index in [2.05, 4.69) is 52.2 Å². The number of benzene rings is 2. The molecule has 390 valence electrons. The topological polar surface area (TPSA) is 358 Å². The normalized spacial score (nSPS) is 19.8. The second-order valence-electron chi connectivity index (χ2n) is 17.8. The van der Waals surface area contributed by atoms with E-state index >= 15 is 0 Å². The molecule has 0 aliphatic carbocycles. The lowest BCUT2D eigenvalue weighted by atomic mass is 9.99. The van der Waals surface area contributed by atoms with Crippen molar-refractivity contribution in [1.29, 1.82) is 0 Å². The molecule has 14 N–H and O–H groups in total. The second kappa shape index (κ2) is 27.7. The van der Waals surface area contributed by atoms with Crippen LogP contribution in [0.3, 0.4) is 0 Å². The van der Waals surface area contributed by atoms with Crippen LogP contribution < -0.4 is 48.7 Å². The van der Waals surface area contributed by atoms with Crippen molar-refractivity contribution in [3.8, 4) is 5.75 Å². The highest BCUT2D eigenvalue weighted by molar-refractivity contribution is 8.76. The fourth-order valence-electron chi connectivity index (χ4n) is 8.12. The van der Waals surface area contributed by atoms with E-state index in [0.29, 0.717) is 29.0 Å². The molecule has 3 heterocycles. The first-order valence-corrected chi connectivity index (χ1v) is 25.9. The van der Waals surface area contributed by atoms with Crippen molar-refractivity contribution in [2.45, 2.75) is 106 Å². The zero-order valence-electron chi connectivity index (χ0n) is 40.3. The Balaban J connectivity index is 1.37. The number of carboxylic acids is 1. The molecule has 25 heteroatoms. The minimum atomic E-state index is -1.35. The van der Waals surface area contributed by atoms with Gasteiger partial charge in [-0.15, -0.1) is 0 Å². The Hall–Kier alpha value is -6.86. The minimum absolute atomic E-state index is 0.0129. The molecule has 2 aliphatic heterocycles. The highest BCUT2D eigenvalue weighted by Crippen LogP contribution is 2.37. The molecule has 3 aromatic rings. The van der Waals surface area contributed by atoms with Crippen LogP contribution in [0.5, 0.6) is 5.75 Å². The second-order valence-corrected chi connectivity index (χ2v) is 20.6. The minimum Gasteiger partial charge on any atom is -0.508 e. The van der Waals surface area contributed by atoms with Gasteiger partial charge in [-0.25, -0.2) is 9.78 Å². The molecular weight excluding hydrogens is 971 g/mol. The van der Waals surface area contributed by atoms with E-state index in [1.165, 1.54) is 51.1 Å². The summed E-state index contributed by atoms with van der Waals surface area (Å²) >= 11 is 0. The number of phenolic OH excluding ortho intramolecular Hbond substituents is 1. The van der Waals surface area contributed by atoms with Crippen LogP contribution in [0.25, 0.3) is 0 Å². The number of hydrogen-bond acceptors (Lipinski definition) is 14. The number of phenols is 1. The molecule has 0 radical (unpaired) electrons. The summed E-state index contributed by atoms with van der Waals surface area (Å²) in [7, 11) is 4.36. The summed E-state index contributed by atoms with van der Waals surface area (Å²) in [6, 6.07) is 6.29. The first-order valence-electron chi connectivity index (χ1n) is 23.5. The molecular formula is C47H65N13O10S2. The highest BCUT2D eigenvalue weighted by Gasteiger charge is 2.44. The zero-order chi connectivity index (χ0) is 52.3. The maximum atomic E-state index is 14.7. The summed E-state index contributed by atoms with van der Waals surface area (Å²) in [6.07, 6.45) is 3.44. The number of nitrogens with one attached hydrogen (secondary N) is 8. The molecule has 2 fully saturated rings. The average Bonchev–Trinajstić information content (AvgIpc) is 4.03. The maximum Gasteiger partial charge on any atom is 0.326 e. The van der Waals surface area contributed by atoms with Crippen LogP contribution in [0.15, 0.2) is 72.1 Å². The first-order chi connectivity index (χ1) is 34.4. The standard InChI is InChI=1S/C47H65N13O10S2/c1-26(2)39(59-41(64)32(54-38(62)23-50-3)10-7-16-52-47(48)49)44(67)56-34(18-28-11-13-30(61)14-12-28)42(65)55-33-15-17-71-72-31-21-37(43(66)58-36(46(69)70)19-27-8-5-4-6-9-27)60(24-31)45(68)35(57-40(33)63)20-29-22-51-25-53-29/h4-6,8-9,11-14,22,25-26,31-37,39,50,61H,7,10,15-21,23-24H2,1-3H3,(H,51,53)(H,54,62)(H,55,65)(H,56,67)(H,57,63)(H,58,66)(H,59,64)(H,69,70)(H4,48,49,52)/t31-,32+,33+,34+,35+,36+,37+,39+/m1/s1. The fraction of sp³-hybridized carbons (Fsp3) is 0.489. The molecule has 1 aromatic heterocycles. The van der Waals surface area contributed by atoms with Gasteiger partial charge in [0.05, 0.1) is 12.9 Å². The van der Waals surface area contributed by atoms with Crippen molar-refractivity contribution in [3.05, 3.63) is 83.9 Å². The van der Waals surface area contributed by atoms with Gasteiger partial charge in [-0.2, -0.15) is 0 Å². The largest absolute Gasteiger partial charge is 0.508 e. The molecule has 8 atom stereocenters. The molecule has 2 bridgehead atoms. The number of aliphatic carboxylic acids is 1. The quantitative estimate of drug-likeness (QED) is 0.0230. The van der Waals surface area contributed by atoms with Gasteiger partial charge in [-0.1, -0.05) is 77.9 Å². The number of H-pyrrole nitrogens is 1. The van der Waals surface area contributed by atoms with Gasteiger partial charge in [0.15, 0.2) is 5.96 Å². The predicted octanol–water partition coefficient (Wildman–Crippen LogP) is -1.18. The number of carbonyl (C=O) groups excluding carboxylic acids is 7. The molecule has 72 heavy (non-hydrogen) atoms. The van der Waals surface area contributed by atoms with Crippen molar-refractivity contribution in [3.63, 3.8) is 0 Å². The van der Waals surface area contributed by atoms with Gasteiger partial charge in [0.2, 0.25) is 41.4 Å². The molecule has 0 spiro atoms. The maximum absolute atomic E-state index is 14.7. The van der Waals surface area contributed by atoms with Crippen LogP contribution in [0.1, 0.15) is 56.4 Å². The van der Waals surface area contributed by atoms with Gasteiger partial charge in [0.1, 0.15) is 48.0 Å². The number of amides is 7. The van der Waals surface area contributed by atoms with Crippen LogP contribution in [0.4, 0.5) is 0 Å². The van der Waals surface area contributed by atoms with Gasteiger partial charge in [0.25, 0.3) is 0 Å². The third kappa shape index (κ3) is 17.2. The number of rotatable bonds is 23. The smallest absolute Gasteiger partial charge is 0.326 e. The summed E-state index contributed by atoms with van der Waals surface area (Å²) in [5.74, 6) is -6.25. The van der Waals surface area contributed by atoms with Gasteiger partial charge < -0.3 is 68.8 Å². The molecule has 2 aliphatic rings. The summed E-state index contributed by atoms with van der Waals surface area (Å²) in [6.45, 7) is 3.62. The molecule has 0 unspecified atom stereocenters. The van der Waals surface area contributed by atoms with E-state index < -0.39 is 95.5 Å². The summed E-state index contributed by atoms with van der Waals surface area (Å²) in [5.41, 5.74) is 12.6. The Morgan fingerprint density at radius 3 is 2.26 bits per heavy atom. The summed E-state index contributed by atoms with van der Waals surface area (Å²) < 4.78 is 0. The number of aromatic nitrogens is 2. The van der Waals surface area contributed by atoms with Crippen molar-refractivity contribution in [2.75, 3.05) is 32.4 Å². The lowest BCUT2D eigenvalue weighted by molar-refractivity contribution is -0.145. The van der Waals surface area contributed by atoms with Crippen molar-refractivity contribution >= 4 is 74.9 Å². The van der Waals surface area contributed by atoms with Gasteiger partial charge in [-0.3, -0.25) is 38.6 Å². The van der Waals surface area contributed by atoms with Crippen molar-refractivity contribution in [1.82, 2.24) is 52.1 Å². The monoisotopic (exact) mass is 1040 g/mol. The number of carbonyl (C=O) groups is 8. The number of guanidine groups is 1. The van der Waals surface area contributed by atoms with Crippen LogP contribution >= 0.6 is 21.6 Å². The summed E-state index contributed by atoms with van der Waals surface area (Å²) in [5, 5.41) is 38.9. The lowest BCUT2D eigenvalue weighted by Gasteiger charge is -2.31. The van der Waals surface area contributed by atoms with Gasteiger partial charge in [0, 0.05) is 55.2 Å². The molecule has 7 amide bonds. The van der Waals surface area contributed by atoms with E-state index in [1.54, 1.807) is 63.4 Å². The van der Waals surface area contributed by atoms with Gasteiger partial charge >= 0.3 is 5.97 Å². The molecule has 5 rings (SSSR count). The number of likely N-dealkylation sites (N-methyl/N-ethyl adjacent to an activating group) is 1. The molecule has 2 aromatic carbocycles. The zero-order valence-corrected chi connectivity index (χ0v) is 41.9. The fourth-order valence-corrected chi connectivity index (χ4v) is 10.8. The third-order valence-electron chi connectivity index (χ3n) is 11.9. The first kappa shape index (κ1) is 56.1. The van der Waals surface area contributed by atoms with Crippen molar-refractivity contribution in [2.24, 2.45) is 22.4 Å². The third-order valence-corrected chi connectivity index (χ3v) is 14.7. The summed E-state index contributed by atoms with van der Waals surface area (Å²) in [4.78, 5) is 123. The van der Waals surface area contributed by atoms with Crippen LogP contribution in [-0.2, 0) is 57.6 Å². The number of aromatic amines is 1. The highest BCUT2D eigenvalue weighted by atomic mass is 33.1. The number of hydrogen-bond donors (Lipinski definition) is 12. The molecule has 2 saturated heterocycles. The number of nitrogens with two attached hydrogens (primary N) is 2. The van der Waals surface area contributed by atoms with E-state index in [0.717, 1.165) is 0 Å². The van der Waals surface area contributed by atoms with Crippen LogP contribution in [0.2, 0.25) is 0 Å². The number of aliphatic imine (C=N–C) groups is 1. The Bertz CT molecular complexity index is 2360. The number of nitrogens with zero attached hydrogens (tertiary/aromatic N) is 3. The average molecular weight is 1040 g/mol. The van der Waals surface area contributed by atoms with E-state index in [1.807, 2.05) is 0 Å².